The van der Waals surface area contributed by atoms with Gasteiger partial charge in [0.25, 0.3) is 5.91 Å². The molecule has 0 bridgehead atoms. The minimum absolute atomic E-state index is 0.283. The van der Waals surface area contributed by atoms with Gasteiger partial charge in [-0.15, -0.1) is 0 Å². The summed E-state index contributed by atoms with van der Waals surface area (Å²) in [6, 6.07) is 11.8. The molecule has 0 aliphatic carbocycles. The van der Waals surface area contributed by atoms with Crippen LogP contribution in [0.1, 0.15) is 6.92 Å². The molecule has 0 aromatic heterocycles. The van der Waals surface area contributed by atoms with E-state index in [1.807, 2.05) is 0 Å². The largest absolute Gasteiger partial charge is 0.479 e. The maximum absolute atomic E-state index is 12.1. The van der Waals surface area contributed by atoms with Gasteiger partial charge in [-0.2, -0.15) is 0 Å². The molecule has 0 spiro atoms. The van der Waals surface area contributed by atoms with Gasteiger partial charge in [0.05, 0.1) is 5.02 Å². The number of amides is 1. The first-order valence-corrected chi connectivity index (χ1v) is 7.28. The van der Waals surface area contributed by atoms with Crippen LogP contribution in [0, 0.1) is 0 Å². The number of carbonyl (C=O) groups excluding carboxylic acids is 1. The van der Waals surface area contributed by atoms with E-state index < -0.39 is 6.10 Å². The van der Waals surface area contributed by atoms with Crippen molar-refractivity contribution in [1.29, 1.82) is 0 Å². The summed E-state index contributed by atoms with van der Waals surface area (Å²) in [5.41, 5.74) is 0.636. The summed E-state index contributed by atoms with van der Waals surface area (Å²) in [5.74, 6) is 0.0660. The smallest absolute Gasteiger partial charge is 0.265 e. The summed E-state index contributed by atoms with van der Waals surface area (Å²) in [5, 5.41) is 3.98. The molecule has 1 amide bonds. The Bertz CT molecular complexity index is 644. The van der Waals surface area contributed by atoms with Gasteiger partial charge in [0.1, 0.15) is 10.8 Å². The Morgan fingerprint density at radius 2 is 1.76 bits per heavy atom. The zero-order valence-corrected chi connectivity index (χ0v) is 13.3. The molecule has 2 aromatic rings. The second kappa shape index (κ2) is 7.03. The van der Waals surface area contributed by atoms with Gasteiger partial charge in [0.15, 0.2) is 6.10 Å². The van der Waals surface area contributed by atoms with Gasteiger partial charge in [-0.05, 0) is 43.3 Å². The van der Waals surface area contributed by atoms with Crippen LogP contribution in [0.25, 0.3) is 0 Å². The minimum atomic E-state index is -0.725. The topological polar surface area (TPSA) is 38.3 Å². The predicted molar refractivity (Wildman–Crippen MR) is 86.6 cm³/mol. The standard InChI is InChI=1S/C15H12Cl3NO2/c1-9(21-13-4-2-3-12(17)14(13)18)15(20)19-11-7-5-10(16)6-8-11/h2-9H,1H3,(H,19,20). The first-order chi connectivity index (χ1) is 9.97. The Labute approximate surface area is 137 Å². The van der Waals surface area contributed by atoms with Gasteiger partial charge >= 0.3 is 0 Å². The molecule has 0 saturated carbocycles. The van der Waals surface area contributed by atoms with E-state index in [2.05, 4.69) is 5.32 Å². The highest BCUT2D eigenvalue weighted by Crippen LogP contribution is 2.32. The number of hydrogen-bond donors (Lipinski definition) is 1. The number of nitrogens with one attached hydrogen (secondary N) is 1. The van der Waals surface area contributed by atoms with Crippen LogP contribution >= 0.6 is 34.8 Å². The Kier molecular flexibility index (Phi) is 5.34. The van der Waals surface area contributed by atoms with Crippen molar-refractivity contribution in [2.75, 3.05) is 5.32 Å². The predicted octanol–water partition coefficient (Wildman–Crippen LogP) is 5.05. The molecule has 2 aromatic carbocycles. The highest BCUT2D eigenvalue weighted by Gasteiger charge is 2.17. The SMILES string of the molecule is CC(Oc1cccc(Cl)c1Cl)C(=O)Nc1ccc(Cl)cc1. The van der Waals surface area contributed by atoms with Crippen LogP contribution in [-0.4, -0.2) is 12.0 Å². The van der Waals surface area contributed by atoms with Gasteiger partial charge in [-0.25, -0.2) is 0 Å². The van der Waals surface area contributed by atoms with E-state index >= 15 is 0 Å². The van der Waals surface area contributed by atoms with Gasteiger partial charge < -0.3 is 10.1 Å². The molecule has 0 aliphatic heterocycles. The molecular formula is C15H12Cl3NO2. The van der Waals surface area contributed by atoms with Crippen molar-refractivity contribution in [2.45, 2.75) is 13.0 Å². The molecule has 110 valence electrons. The van der Waals surface area contributed by atoms with Crippen molar-refractivity contribution < 1.29 is 9.53 Å². The molecule has 1 unspecified atom stereocenters. The fourth-order valence-electron chi connectivity index (χ4n) is 1.60. The van der Waals surface area contributed by atoms with Gasteiger partial charge in [0, 0.05) is 10.7 Å². The number of ether oxygens (including phenoxy) is 1. The number of halogens is 3. The van der Waals surface area contributed by atoms with Crippen molar-refractivity contribution in [2.24, 2.45) is 0 Å². The van der Waals surface area contributed by atoms with Crippen LogP contribution in [0.15, 0.2) is 42.5 Å². The lowest BCUT2D eigenvalue weighted by atomic mass is 10.3. The normalized spacial score (nSPS) is 11.8. The monoisotopic (exact) mass is 343 g/mol. The molecule has 2 rings (SSSR count). The fraction of sp³-hybridized carbons (Fsp3) is 0.133. The second-order valence-electron chi connectivity index (χ2n) is 4.31. The summed E-state index contributed by atoms with van der Waals surface area (Å²) in [6.07, 6.45) is -0.725. The van der Waals surface area contributed by atoms with Crippen LogP contribution in [-0.2, 0) is 4.79 Å². The van der Waals surface area contributed by atoms with Crippen molar-refractivity contribution >= 4 is 46.4 Å². The molecule has 6 heteroatoms. The average Bonchev–Trinajstić information content (AvgIpc) is 2.46. The van der Waals surface area contributed by atoms with Gasteiger partial charge in [-0.1, -0.05) is 40.9 Å². The molecule has 0 fully saturated rings. The molecule has 1 N–H and O–H groups in total. The van der Waals surface area contributed by atoms with Crippen LogP contribution in [0.5, 0.6) is 5.75 Å². The molecule has 0 saturated heterocycles. The average molecular weight is 345 g/mol. The highest BCUT2D eigenvalue weighted by molar-refractivity contribution is 6.42. The number of rotatable bonds is 4. The number of carbonyl (C=O) groups is 1. The number of hydrogen-bond acceptors (Lipinski definition) is 2. The zero-order valence-electron chi connectivity index (χ0n) is 11.1. The molecule has 0 aliphatic rings. The molecule has 0 radical (unpaired) electrons. The van der Waals surface area contributed by atoms with Crippen molar-refractivity contribution in [3.05, 3.63) is 57.5 Å². The summed E-state index contributed by atoms with van der Waals surface area (Å²) >= 11 is 17.7. The minimum Gasteiger partial charge on any atom is -0.479 e. The Balaban J connectivity index is 2.02. The van der Waals surface area contributed by atoms with Gasteiger partial charge in [0.2, 0.25) is 0 Å². The van der Waals surface area contributed by atoms with Crippen LogP contribution < -0.4 is 10.1 Å². The lowest BCUT2D eigenvalue weighted by molar-refractivity contribution is -0.122. The second-order valence-corrected chi connectivity index (χ2v) is 5.53. The molecule has 21 heavy (non-hydrogen) atoms. The highest BCUT2D eigenvalue weighted by atomic mass is 35.5. The van der Waals surface area contributed by atoms with E-state index in [9.17, 15) is 4.79 Å². The van der Waals surface area contributed by atoms with Crippen molar-refractivity contribution in [3.8, 4) is 5.75 Å². The third-order valence-electron chi connectivity index (χ3n) is 2.70. The van der Waals surface area contributed by atoms with Crippen LogP contribution in [0.3, 0.4) is 0 Å². The molecule has 1 atom stereocenters. The first-order valence-electron chi connectivity index (χ1n) is 6.14. The van der Waals surface area contributed by atoms with E-state index in [-0.39, 0.29) is 10.9 Å². The Morgan fingerprint density at radius 1 is 1.10 bits per heavy atom. The summed E-state index contributed by atoms with van der Waals surface area (Å²) in [4.78, 5) is 12.1. The van der Waals surface area contributed by atoms with E-state index in [0.29, 0.717) is 21.5 Å². The van der Waals surface area contributed by atoms with Crippen LogP contribution in [0.4, 0.5) is 5.69 Å². The van der Waals surface area contributed by atoms with Gasteiger partial charge in [-0.3, -0.25) is 4.79 Å². The summed E-state index contributed by atoms with van der Waals surface area (Å²) in [6.45, 7) is 1.63. The maximum atomic E-state index is 12.1. The third-order valence-corrected chi connectivity index (χ3v) is 3.75. The summed E-state index contributed by atoms with van der Waals surface area (Å²) in [7, 11) is 0. The van der Waals surface area contributed by atoms with E-state index in [0.717, 1.165) is 0 Å². The maximum Gasteiger partial charge on any atom is 0.265 e. The Morgan fingerprint density at radius 3 is 2.43 bits per heavy atom. The fourth-order valence-corrected chi connectivity index (χ4v) is 2.06. The molecular weight excluding hydrogens is 333 g/mol. The Hall–Kier alpha value is -1.42. The third kappa shape index (κ3) is 4.27. The number of benzene rings is 2. The number of anilines is 1. The molecule has 3 nitrogen and oxygen atoms in total. The summed E-state index contributed by atoms with van der Waals surface area (Å²) < 4.78 is 5.53. The van der Waals surface area contributed by atoms with E-state index in [1.54, 1.807) is 49.4 Å². The lowest BCUT2D eigenvalue weighted by Gasteiger charge is -2.16. The van der Waals surface area contributed by atoms with Crippen LogP contribution in [0.2, 0.25) is 15.1 Å². The van der Waals surface area contributed by atoms with E-state index in [4.69, 9.17) is 39.5 Å². The lowest BCUT2D eigenvalue weighted by Crippen LogP contribution is -2.30. The quantitative estimate of drug-likeness (QED) is 0.842. The zero-order chi connectivity index (χ0) is 15.4. The van der Waals surface area contributed by atoms with Crippen molar-refractivity contribution in [1.82, 2.24) is 0 Å². The van der Waals surface area contributed by atoms with Crippen molar-refractivity contribution in [3.63, 3.8) is 0 Å². The first kappa shape index (κ1) is 16.0. The van der Waals surface area contributed by atoms with E-state index in [1.165, 1.54) is 0 Å². The molecule has 0 heterocycles.